The zero-order chi connectivity index (χ0) is 25.8. The molecule has 1 aliphatic rings. The monoisotopic (exact) mass is 503 g/mol. The number of imide groups is 1. The van der Waals surface area contributed by atoms with Gasteiger partial charge in [-0.25, -0.2) is 9.69 Å². The van der Waals surface area contributed by atoms with Crippen molar-refractivity contribution < 1.29 is 23.9 Å². The van der Waals surface area contributed by atoms with Crippen molar-refractivity contribution in [2.24, 2.45) is 0 Å². The van der Waals surface area contributed by atoms with E-state index >= 15 is 0 Å². The van der Waals surface area contributed by atoms with Gasteiger partial charge in [-0.2, -0.15) is 0 Å². The second kappa shape index (κ2) is 10.5. The molecule has 1 heterocycles. The largest absolute Gasteiger partial charge is 0.465 e. The molecule has 36 heavy (non-hydrogen) atoms. The molecule has 1 atom stereocenters. The van der Waals surface area contributed by atoms with E-state index in [2.05, 4.69) is 15.4 Å². The van der Waals surface area contributed by atoms with Gasteiger partial charge in [-0.1, -0.05) is 48.0 Å². The van der Waals surface area contributed by atoms with Gasteiger partial charge in [0.25, 0.3) is 17.7 Å². The van der Waals surface area contributed by atoms with Gasteiger partial charge in [0.2, 0.25) is 0 Å². The van der Waals surface area contributed by atoms with E-state index < -0.39 is 17.8 Å². The van der Waals surface area contributed by atoms with Crippen molar-refractivity contribution in [3.05, 3.63) is 106 Å². The second-order valence-electron chi connectivity index (χ2n) is 7.98. The topological polar surface area (TPSA) is 105 Å². The molecule has 8 nitrogen and oxygen atoms in total. The number of anilines is 2. The Hall–Kier alpha value is -4.43. The molecule has 0 saturated heterocycles. The van der Waals surface area contributed by atoms with E-state index in [1.807, 2.05) is 37.3 Å². The number of rotatable bonds is 7. The first kappa shape index (κ1) is 24.7. The first-order valence-electron chi connectivity index (χ1n) is 11.0. The third-order valence-electron chi connectivity index (χ3n) is 5.62. The summed E-state index contributed by atoms with van der Waals surface area (Å²) in [5.41, 5.74) is 2.14. The van der Waals surface area contributed by atoms with Crippen molar-refractivity contribution in [1.82, 2.24) is 5.32 Å². The van der Waals surface area contributed by atoms with Crippen molar-refractivity contribution >= 4 is 46.7 Å². The highest BCUT2D eigenvalue weighted by Crippen LogP contribution is 2.30. The highest BCUT2D eigenvalue weighted by atomic mass is 35.5. The van der Waals surface area contributed by atoms with E-state index in [1.165, 1.54) is 31.4 Å². The lowest BCUT2D eigenvalue weighted by Crippen LogP contribution is -2.32. The Labute approximate surface area is 212 Å². The summed E-state index contributed by atoms with van der Waals surface area (Å²) in [5.74, 6) is -2.21. The number of hydrogen-bond donors (Lipinski definition) is 2. The van der Waals surface area contributed by atoms with Crippen LogP contribution < -0.4 is 15.5 Å². The Balaban J connectivity index is 1.49. The normalized spacial score (nSPS) is 14.0. The van der Waals surface area contributed by atoms with E-state index in [1.54, 1.807) is 24.3 Å². The summed E-state index contributed by atoms with van der Waals surface area (Å²) in [6.45, 7) is 1.88. The maximum Gasteiger partial charge on any atom is 0.337 e. The minimum atomic E-state index is -0.708. The minimum Gasteiger partial charge on any atom is -0.465 e. The number of nitrogens with zero attached hydrogens (tertiary/aromatic N) is 1. The van der Waals surface area contributed by atoms with Gasteiger partial charge in [-0.05, 0) is 55.0 Å². The molecule has 9 heteroatoms. The highest BCUT2D eigenvalue weighted by Gasteiger charge is 2.39. The molecule has 0 aromatic heterocycles. The number of hydrogen-bond acceptors (Lipinski definition) is 6. The lowest BCUT2D eigenvalue weighted by atomic mass is 10.1. The smallest absolute Gasteiger partial charge is 0.337 e. The predicted octanol–water partition coefficient (Wildman–Crippen LogP) is 4.40. The molecule has 3 aromatic rings. The summed E-state index contributed by atoms with van der Waals surface area (Å²) >= 11 is 6.21. The number of nitrogens with one attached hydrogen (secondary N) is 2. The Morgan fingerprint density at radius 3 is 2.25 bits per heavy atom. The first-order chi connectivity index (χ1) is 17.3. The minimum absolute atomic E-state index is 0.117. The van der Waals surface area contributed by atoms with E-state index in [-0.39, 0.29) is 33.9 Å². The summed E-state index contributed by atoms with van der Waals surface area (Å²) in [7, 11) is 1.26. The standard InChI is InChI=1S/C27H22ClN3O5/c1-16(17-7-4-3-5-8-17)29-24(32)19-9-6-10-20(15-19)30-23-22(28)25(33)31(26(23)34)21-13-11-18(12-14-21)27(35)36-2/h3-16,30H,1-2H3,(H,29,32). The summed E-state index contributed by atoms with van der Waals surface area (Å²) in [6, 6.07) is 21.7. The van der Waals surface area contributed by atoms with Gasteiger partial charge in [0.15, 0.2) is 0 Å². The highest BCUT2D eigenvalue weighted by molar-refractivity contribution is 6.53. The van der Waals surface area contributed by atoms with Crippen LogP contribution in [0.3, 0.4) is 0 Å². The quantitative estimate of drug-likeness (QED) is 0.366. The molecule has 3 aromatic carbocycles. The Kier molecular flexibility index (Phi) is 7.17. The van der Waals surface area contributed by atoms with Crippen LogP contribution in [0.15, 0.2) is 89.6 Å². The molecule has 1 unspecified atom stereocenters. The summed E-state index contributed by atoms with van der Waals surface area (Å²) in [4.78, 5) is 51.2. The van der Waals surface area contributed by atoms with Crippen molar-refractivity contribution in [2.75, 3.05) is 17.3 Å². The van der Waals surface area contributed by atoms with Crippen LogP contribution >= 0.6 is 11.6 Å². The number of carbonyl (C=O) groups excluding carboxylic acids is 4. The van der Waals surface area contributed by atoms with Crippen LogP contribution in [0.2, 0.25) is 0 Å². The molecule has 2 N–H and O–H groups in total. The van der Waals surface area contributed by atoms with Crippen LogP contribution in [0.4, 0.5) is 11.4 Å². The predicted molar refractivity (Wildman–Crippen MR) is 136 cm³/mol. The average Bonchev–Trinajstić information content (AvgIpc) is 3.11. The van der Waals surface area contributed by atoms with Gasteiger partial charge in [0, 0.05) is 11.3 Å². The lowest BCUT2D eigenvalue weighted by molar-refractivity contribution is -0.120. The average molecular weight is 504 g/mol. The molecule has 0 saturated carbocycles. The number of carbonyl (C=O) groups is 4. The molecule has 3 amide bonds. The molecule has 4 rings (SSSR count). The molecular weight excluding hydrogens is 482 g/mol. The van der Waals surface area contributed by atoms with Gasteiger partial charge in [-0.3, -0.25) is 14.4 Å². The van der Waals surface area contributed by atoms with Crippen molar-refractivity contribution in [2.45, 2.75) is 13.0 Å². The molecule has 0 radical (unpaired) electrons. The maximum atomic E-state index is 13.1. The van der Waals surface area contributed by atoms with Gasteiger partial charge in [0.1, 0.15) is 10.7 Å². The summed E-state index contributed by atoms with van der Waals surface area (Å²) < 4.78 is 4.66. The fourth-order valence-electron chi connectivity index (χ4n) is 3.70. The lowest BCUT2D eigenvalue weighted by Gasteiger charge is -2.16. The third kappa shape index (κ3) is 4.99. The van der Waals surface area contributed by atoms with Gasteiger partial charge >= 0.3 is 5.97 Å². The van der Waals surface area contributed by atoms with Gasteiger partial charge in [-0.15, -0.1) is 0 Å². The molecular formula is C27H22ClN3O5. The van der Waals surface area contributed by atoms with Crippen LogP contribution in [0.5, 0.6) is 0 Å². The van der Waals surface area contributed by atoms with Crippen LogP contribution in [-0.4, -0.2) is 30.8 Å². The van der Waals surface area contributed by atoms with Crippen LogP contribution in [0.1, 0.15) is 39.2 Å². The zero-order valence-corrected chi connectivity index (χ0v) is 20.2. The van der Waals surface area contributed by atoms with Crippen molar-refractivity contribution in [3.8, 4) is 0 Å². The van der Waals surface area contributed by atoms with Crippen molar-refractivity contribution in [1.29, 1.82) is 0 Å². The third-order valence-corrected chi connectivity index (χ3v) is 5.97. The first-order valence-corrected chi connectivity index (χ1v) is 11.4. The number of benzene rings is 3. The van der Waals surface area contributed by atoms with Crippen LogP contribution in [0, 0.1) is 0 Å². The SMILES string of the molecule is COC(=O)c1ccc(N2C(=O)C(Cl)=C(Nc3cccc(C(=O)NC(C)c4ccccc4)c3)C2=O)cc1. The fourth-order valence-corrected chi connectivity index (χ4v) is 3.91. The molecule has 1 aliphatic heterocycles. The number of ether oxygens (including phenoxy) is 1. The zero-order valence-electron chi connectivity index (χ0n) is 19.4. The maximum absolute atomic E-state index is 13.1. The molecule has 0 bridgehead atoms. The number of esters is 1. The van der Waals surface area contributed by atoms with Crippen LogP contribution in [-0.2, 0) is 14.3 Å². The Bertz CT molecular complexity index is 1370. The van der Waals surface area contributed by atoms with E-state index in [0.29, 0.717) is 11.3 Å². The van der Waals surface area contributed by atoms with Crippen LogP contribution in [0.25, 0.3) is 0 Å². The molecule has 0 spiro atoms. The Morgan fingerprint density at radius 2 is 1.58 bits per heavy atom. The van der Waals surface area contributed by atoms with E-state index in [4.69, 9.17) is 11.6 Å². The van der Waals surface area contributed by atoms with Crippen molar-refractivity contribution in [3.63, 3.8) is 0 Å². The second-order valence-corrected chi connectivity index (χ2v) is 8.36. The summed E-state index contributed by atoms with van der Waals surface area (Å²) in [5, 5.41) is 5.52. The number of methoxy groups -OCH3 is 1. The Morgan fingerprint density at radius 1 is 0.889 bits per heavy atom. The van der Waals surface area contributed by atoms with E-state index in [0.717, 1.165) is 10.5 Å². The molecule has 0 aliphatic carbocycles. The fraction of sp³-hybridized carbons (Fsp3) is 0.111. The van der Waals surface area contributed by atoms with Gasteiger partial charge in [0.05, 0.1) is 24.4 Å². The summed E-state index contributed by atoms with van der Waals surface area (Å²) in [6.07, 6.45) is 0. The molecule has 182 valence electrons. The number of halogens is 1. The molecule has 0 fully saturated rings. The number of amides is 3. The van der Waals surface area contributed by atoms with Gasteiger partial charge < -0.3 is 15.4 Å². The van der Waals surface area contributed by atoms with E-state index in [9.17, 15) is 19.2 Å².